The average molecular weight is 491 g/mol. The molecule has 5 rings (SSSR count). The maximum atomic E-state index is 14.9. The fourth-order valence-corrected chi connectivity index (χ4v) is 7.83. The van der Waals surface area contributed by atoms with Crippen molar-refractivity contribution in [1.82, 2.24) is 4.90 Å². The zero-order valence-corrected chi connectivity index (χ0v) is 21.9. The van der Waals surface area contributed by atoms with Crippen molar-refractivity contribution in [3.8, 4) is 0 Å². The van der Waals surface area contributed by atoms with E-state index in [4.69, 9.17) is 0 Å². The summed E-state index contributed by atoms with van der Waals surface area (Å²) in [4.78, 5) is 31.9. The highest BCUT2D eigenvalue weighted by atomic mass is 19.1. The molecule has 0 N–H and O–H groups in total. The molecule has 0 spiro atoms. The maximum absolute atomic E-state index is 14.9. The molecule has 2 bridgehead atoms. The Labute approximate surface area is 214 Å². The average Bonchev–Trinajstić information content (AvgIpc) is 3.36. The lowest BCUT2D eigenvalue weighted by molar-refractivity contribution is -0.121. The quantitative estimate of drug-likeness (QED) is 0.444. The zero-order chi connectivity index (χ0) is 25.5. The van der Waals surface area contributed by atoms with E-state index in [-0.39, 0.29) is 46.8 Å². The van der Waals surface area contributed by atoms with Gasteiger partial charge in [0, 0.05) is 17.8 Å². The van der Waals surface area contributed by atoms with Gasteiger partial charge in [0.05, 0.1) is 5.56 Å². The van der Waals surface area contributed by atoms with Gasteiger partial charge in [0.25, 0.3) is 5.91 Å². The van der Waals surface area contributed by atoms with Crippen LogP contribution in [-0.4, -0.2) is 35.3 Å². The Balaban J connectivity index is 1.53. The minimum absolute atomic E-state index is 0.0328. The van der Waals surface area contributed by atoms with Gasteiger partial charge in [0.1, 0.15) is 12.4 Å². The van der Waals surface area contributed by atoms with E-state index in [1.54, 1.807) is 23.1 Å². The smallest absolute Gasteiger partial charge is 0.257 e. The Morgan fingerprint density at radius 2 is 1.58 bits per heavy atom. The van der Waals surface area contributed by atoms with Crippen LogP contribution >= 0.6 is 0 Å². The first kappa shape index (κ1) is 25.0. The predicted octanol–water partition coefficient (Wildman–Crippen LogP) is 6.85. The molecular weight excluding hydrogens is 451 g/mol. The van der Waals surface area contributed by atoms with Crippen LogP contribution < -0.4 is 4.90 Å². The van der Waals surface area contributed by atoms with Crippen LogP contribution in [0.3, 0.4) is 0 Å². The number of nitrogens with zero attached hydrogens (tertiary/aromatic N) is 2. The lowest BCUT2D eigenvalue weighted by atomic mass is 9.67. The normalized spacial score (nSPS) is 27.1. The summed E-state index contributed by atoms with van der Waals surface area (Å²) in [6.45, 7) is 6.69. The van der Waals surface area contributed by atoms with Gasteiger partial charge >= 0.3 is 0 Å². The molecule has 2 aromatic carbocycles. The van der Waals surface area contributed by atoms with Crippen LogP contribution in [0.15, 0.2) is 54.6 Å². The maximum Gasteiger partial charge on any atom is 0.257 e. The summed E-state index contributed by atoms with van der Waals surface area (Å²) in [5.74, 6) is -0.467. The van der Waals surface area contributed by atoms with Crippen molar-refractivity contribution in [3.05, 3.63) is 66.0 Å². The van der Waals surface area contributed by atoms with E-state index in [0.717, 1.165) is 50.6 Å². The SMILES string of the molecule is CC12CCC(C1)C(C)(C)C2N(CC(=O)N(c1ccccc1)C1CCCCC1)C(=O)c1ccccc1F. The Hall–Kier alpha value is -2.69. The number of anilines is 1. The molecule has 0 aliphatic heterocycles. The molecule has 3 fully saturated rings. The van der Waals surface area contributed by atoms with Gasteiger partial charge in [-0.25, -0.2) is 4.39 Å². The molecule has 3 aliphatic rings. The highest BCUT2D eigenvalue weighted by Gasteiger charge is 2.62. The summed E-state index contributed by atoms with van der Waals surface area (Å²) in [6, 6.07) is 16.0. The van der Waals surface area contributed by atoms with Gasteiger partial charge in [0.2, 0.25) is 5.91 Å². The Kier molecular flexibility index (Phi) is 6.69. The second-order valence-corrected chi connectivity index (χ2v) is 12.1. The molecule has 3 aliphatic carbocycles. The van der Waals surface area contributed by atoms with Crippen LogP contribution in [-0.2, 0) is 4.79 Å². The zero-order valence-electron chi connectivity index (χ0n) is 21.9. The van der Waals surface area contributed by atoms with Gasteiger partial charge in [-0.1, -0.05) is 70.4 Å². The first-order chi connectivity index (χ1) is 17.2. The number of carbonyl (C=O) groups is 2. The van der Waals surface area contributed by atoms with E-state index in [1.807, 2.05) is 35.2 Å². The summed E-state index contributed by atoms with van der Waals surface area (Å²) >= 11 is 0. The molecule has 36 heavy (non-hydrogen) atoms. The number of amides is 2. The van der Waals surface area contributed by atoms with E-state index in [9.17, 15) is 14.0 Å². The molecule has 0 aromatic heterocycles. The number of hydrogen-bond acceptors (Lipinski definition) is 2. The Bertz CT molecular complexity index is 1110. The van der Waals surface area contributed by atoms with Crippen LogP contribution in [0, 0.1) is 22.6 Å². The highest BCUT2D eigenvalue weighted by molar-refractivity contribution is 6.01. The summed E-state index contributed by atoms with van der Waals surface area (Å²) < 4.78 is 14.9. The van der Waals surface area contributed by atoms with Crippen molar-refractivity contribution in [2.75, 3.05) is 11.4 Å². The number of hydrogen-bond donors (Lipinski definition) is 0. The molecule has 0 radical (unpaired) electrons. The number of carbonyl (C=O) groups excluding carboxylic acids is 2. The number of halogens is 1. The molecule has 192 valence electrons. The number of rotatable bonds is 6. The minimum Gasteiger partial charge on any atom is -0.325 e. The second-order valence-electron chi connectivity index (χ2n) is 12.1. The largest absolute Gasteiger partial charge is 0.325 e. The van der Waals surface area contributed by atoms with Crippen molar-refractivity contribution in [2.45, 2.75) is 84.2 Å². The monoisotopic (exact) mass is 490 g/mol. The second kappa shape index (κ2) is 9.64. The fraction of sp³-hybridized carbons (Fsp3) is 0.548. The highest BCUT2D eigenvalue weighted by Crippen LogP contribution is 2.64. The van der Waals surface area contributed by atoms with E-state index in [1.165, 1.54) is 12.5 Å². The van der Waals surface area contributed by atoms with Gasteiger partial charge in [-0.15, -0.1) is 0 Å². The van der Waals surface area contributed by atoms with Crippen molar-refractivity contribution in [1.29, 1.82) is 0 Å². The van der Waals surface area contributed by atoms with E-state index in [2.05, 4.69) is 20.8 Å². The third-order valence-corrected chi connectivity index (χ3v) is 9.42. The summed E-state index contributed by atoms with van der Waals surface area (Å²) in [7, 11) is 0. The first-order valence-corrected chi connectivity index (χ1v) is 13.6. The topological polar surface area (TPSA) is 40.6 Å². The third-order valence-electron chi connectivity index (χ3n) is 9.42. The molecule has 4 nitrogen and oxygen atoms in total. The van der Waals surface area contributed by atoms with Gasteiger partial charge < -0.3 is 9.80 Å². The number of benzene rings is 2. The fourth-order valence-electron chi connectivity index (χ4n) is 7.83. The molecule has 0 saturated heterocycles. The van der Waals surface area contributed by atoms with Crippen LogP contribution in [0.4, 0.5) is 10.1 Å². The summed E-state index contributed by atoms with van der Waals surface area (Å²) in [5.41, 5.74) is 0.719. The molecule has 3 unspecified atom stereocenters. The molecular formula is C31H39FN2O2. The summed E-state index contributed by atoms with van der Waals surface area (Å²) in [6.07, 6.45) is 8.57. The van der Waals surface area contributed by atoms with Crippen LogP contribution in [0.2, 0.25) is 0 Å². The third kappa shape index (κ3) is 4.35. The molecule has 2 amide bonds. The van der Waals surface area contributed by atoms with Crippen molar-refractivity contribution < 1.29 is 14.0 Å². The van der Waals surface area contributed by atoms with E-state index >= 15 is 0 Å². The predicted molar refractivity (Wildman–Crippen MR) is 141 cm³/mol. The van der Waals surface area contributed by atoms with Crippen molar-refractivity contribution >= 4 is 17.5 Å². The van der Waals surface area contributed by atoms with Gasteiger partial charge in [0.15, 0.2) is 0 Å². The molecule has 2 aromatic rings. The van der Waals surface area contributed by atoms with Gasteiger partial charge in [-0.05, 0) is 73.1 Å². The van der Waals surface area contributed by atoms with E-state index < -0.39 is 5.82 Å². The number of fused-ring (bicyclic) bond motifs is 2. The minimum atomic E-state index is -0.529. The Morgan fingerprint density at radius 3 is 2.22 bits per heavy atom. The molecule has 3 atom stereocenters. The Morgan fingerprint density at radius 1 is 0.917 bits per heavy atom. The molecule has 3 saturated carbocycles. The molecule has 0 heterocycles. The summed E-state index contributed by atoms with van der Waals surface area (Å²) in [5, 5.41) is 0. The lowest BCUT2D eigenvalue weighted by Gasteiger charge is -2.49. The first-order valence-electron chi connectivity index (χ1n) is 13.6. The van der Waals surface area contributed by atoms with Crippen LogP contribution in [0.5, 0.6) is 0 Å². The van der Waals surface area contributed by atoms with Crippen molar-refractivity contribution in [2.24, 2.45) is 16.7 Å². The molecule has 5 heteroatoms. The van der Waals surface area contributed by atoms with Crippen LogP contribution in [0.25, 0.3) is 0 Å². The standard InChI is InChI=1S/C31H39FN2O2/c1-30(2)22-18-19-31(3,20-22)29(30)33(28(36)25-16-10-11-17-26(25)32)21-27(35)34(23-12-6-4-7-13-23)24-14-8-5-9-15-24/h4,6-7,10-13,16-17,22,24,29H,5,8-9,14-15,18-21H2,1-3H3. The van der Waals surface area contributed by atoms with Gasteiger partial charge in [-0.3, -0.25) is 9.59 Å². The lowest BCUT2D eigenvalue weighted by Crippen LogP contribution is -2.58. The van der Waals surface area contributed by atoms with E-state index in [0.29, 0.717) is 5.92 Å². The van der Waals surface area contributed by atoms with Crippen LogP contribution in [0.1, 0.15) is 82.5 Å². The number of para-hydroxylation sites is 1. The van der Waals surface area contributed by atoms with Crippen molar-refractivity contribution in [3.63, 3.8) is 0 Å². The van der Waals surface area contributed by atoms with Gasteiger partial charge in [-0.2, -0.15) is 0 Å².